The zero-order valence-electron chi connectivity index (χ0n) is 48.0. The number of hydrogen-bond acceptors (Lipinski definition) is 0. The van der Waals surface area contributed by atoms with Crippen LogP contribution in [0.5, 0.6) is 0 Å². The summed E-state index contributed by atoms with van der Waals surface area (Å²) in [5, 5.41) is -2.31. The lowest BCUT2D eigenvalue weighted by Gasteiger charge is -2.17. The average Bonchev–Trinajstić information content (AvgIpc) is 4.05. The second-order valence-corrected chi connectivity index (χ2v) is 11.7. The average molecular weight is 672 g/mol. The van der Waals surface area contributed by atoms with Crippen molar-refractivity contribution < 1.29 is 30.2 Å². The zero-order chi connectivity index (χ0) is 52.6. The van der Waals surface area contributed by atoms with E-state index in [4.69, 9.17) is 16.4 Å². The second kappa shape index (κ2) is 10.8. The number of nitrogens with zero attached hydrogens (tertiary/aromatic N) is 3. The van der Waals surface area contributed by atoms with Gasteiger partial charge in [-0.2, -0.15) is 0 Å². The quantitative estimate of drug-likeness (QED) is 0.177. The van der Waals surface area contributed by atoms with Crippen LogP contribution >= 0.6 is 0 Å². The molecule has 0 spiro atoms. The lowest BCUT2D eigenvalue weighted by Crippen LogP contribution is -2.02. The predicted octanol–water partition coefficient (Wildman–Crippen LogP) is 12.6. The Morgan fingerprint density at radius 3 is 1.55 bits per heavy atom. The second-order valence-electron chi connectivity index (χ2n) is 11.7. The van der Waals surface area contributed by atoms with E-state index in [0.717, 1.165) is 9.13 Å². The van der Waals surface area contributed by atoms with Crippen LogP contribution in [0.15, 0.2) is 188 Å². The van der Waals surface area contributed by atoms with Gasteiger partial charge in [0.15, 0.2) is 0 Å². The molecule has 0 unspecified atom stereocenters. The minimum atomic E-state index is -0.920. The summed E-state index contributed by atoms with van der Waals surface area (Å²) >= 11 is 0. The largest absolute Gasteiger partial charge is 0.309 e. The molecule has 238 valence electrons. The molecule has 8 aromatic carbocycles. The Labute approximate surface area is 325 Å². The standard InChI is InChI=1S/C48H31N3/c1-2-15-32(16-3-1)34-17-4-9-23-41(34)51-45-27-13-7-20-37(45)39-22-14-28-47(48(39)51)50-44-26-12-8-21-38(44)40-31-33(29-30-46(40)50)49-42-24-10-5-18-35(42)36-19-6-11-25-43(36)49/h1-31H/i5D,6D,7D,8D,10D,11D,12D,13D,14D,18D,19D,20D,21D,22D,24D,25D,26D,27D,28D,29D,30D,31D. The Morgan fingerprint density at radius 2 is 0.863 bits per heavy atom. The molecule has 0 saturated carbocycles. The molecule has 0 atom stereocenters. The minimum absolute atomic E-state index is 0.206. The van der Waals surface area contributed by atoms with Gasteiger partial charge in [-0.25, -0.2) is 0 Å². The Morgan fingerprint density at radius 1 is 0.353 bits per heavy atom. The molecule has 0 radical (unpaired) electrons. The first kappa shape index (κ1) is 14.2. The summed E-state index contributed by atoms with van der Waals surface area (Å²) in [5.41, 5.74) is -2.35. The Kier molecular flexibility index (Phi) is 3.01. The highest BCUT2D eigenvalue weighted by Crippen LogP contribution is 2.42. The number of hydrogen-bond donors (Lipinski definition) is 0. The van der Waals surface area contributed by atoms with Crippen molar-refractivity contribution in [3.8, 4) is 28.2 Å². The van der Waals surface area contributed by atoms with E-state index in [1.54, 1.807) is 54.6 Å². The normalized spacial score (nSPS) is 18.0. The molecule has 0 N–H and O–H groups in total. The lowest BCUT2D eigenvalue weighted by atomic mass is 10.0. The molecular formula is C48H31N3. The van der Waals surface area contributed by atoms with E-state index in [2.05, 4.69) is 0 Å². The summed E-state index contributed by atoms with van der Waals surface area (Å²) in [4.78, 5) is 0. The number of aromatic nitrogens is 3. The molecule has 0 bridgehead atoms. The molecule has 3 nitrogen and oxygen atoms in total. The molecule has 0 aliphatic heterocycles. The van der Waals surface area contributed by atoms with Crippen LogP contribution in [0.25, 0.3) is 93.6 Å². The summed E-state index contributed by atoms with van der Waals surface area (Å²) in [6, 6.07) is -1.29. The molecule has 0 saturated heterocycles. The van der Waals surface area contributed by atoms with Gasteiger partial charge in [0, 0.05) is 43.6 Å². The molecule has 3 heterocycles. The van der Waals surface area contributed by atoms with Gasteiger partial charge in [0.25, 0.3) is 0 Å². The summed E-state index contributed by atoms with van der Waals surface area (Å²) in [6.07, 6.45) is 0. The van der Waals surface area contributed by atoms with Gasteiger partial charge in [0.05, 0.1) is 74.6 Å². The van der Waals surface area contributed by atoms with Crippen LogP contribution in [0.1, 0.15) is 30.2 Å². The van der Waals surface area contributed by atoms with E-state index in [1.807, 2.05) is 0 Å². The SMILES string of the molecule is [2H]c1c([2H])c([2H])c2c(c1[2H])c1c([2H])c([2H])c([2H])c(-n3c4c([2H])c([2H])c([2H])c([2H])c4c4c([2H])c(-n5c6c([2H])c([2H])c([2H])c([2H])c6c6c([2H])c([2H])c([2H])c([2H])c65)c([2H])c([2H])c43)c1n2-c1ccccc1-c1ccccc1. The monoisotopic (exact) mass is 671 g/mol. The van der Waals surface area contributed by atoms with Gasteiger partial charge < -0.3 is 13.7 Å². The first-order valence-corrected chi connectivity index (χ1v) is 15.8. The molecule has 11 rings (SSSR count). The van der Waals surface area contributed by atoms with E-state index in [-0.39, 0.29) is 27.5 Å². The van der Waals surface area contributed by atoms with Crippen LogP contribution in [0.4, 0.5) is 0 Å². The Balaban J connectivity index is 1.45. The molecule has 0 amide bonds. The van der Waals surface area contributed by atoms with Crippen molar-refractivity contribution in [1.82, 2.24) is 13.7 Å². The third-order valence-corrected chi connectivity index (χ3v) is 9.05. The highest BCUT2D eigenvalue weighted by Gasteiger charge is 2.22. The van der Waals surface area contributed by atoms with Gasteiger partial charge in [-0.15, -0.1) is 0 Å². The predicted molar refractivity (Wildman–Crippen MR) is 215 cm³/mol. The molecule has 3 aromatic heterocycles. The van der Waals surface area contributed by atoms with E-state index in [0.29, 0.717) is 11.1 Å². The van der Waals surface area contributed by atoms with Crippen LogP contribution in [0, 0.1) is 0 Å². The van der Waals surface area contributed by atoms with Crippen molar-refractivity contribution in [3.05, 3.63) is 188 Å². The molecule has 3 heteroatoms. The van der Waals surface area contributed by atoms with E-state index < -0.39 is 188 Å². The van der Waals surface area contributed by atoms with Gasteiger partial charge in [-0.1, -0.05) is 133 Å². The highest BCUT2D eigenvalue weighted by molar-refractivity contribution is 6.16. The molecule has 0 fully saturated rings. The van der Waals surface area contributed by atoms with Gasteiger partial charge in [-0.3, -0.25) is 0 Å². The molecule has 51 heavy (non-hydrogen) atoms. The zero-order valence-corrected chi connectivity index (χ0v) is 26.0. The third kappa shape index (κ3) is 4.00. The van der Waals surface area contributed by atoms with E-state index >= 15 is 0 Å². The van der Waals surface area contributed by atoms with E-state index in [9.17, 15) is 13.7 Å². The smallest absolute Gasteiger partial charge is 0.0782 e. The van der Waals surface area contributed by atoms with Crippen molar-refractivity contribution in [2.45, 2.75) is 0 Å². The maximum Gasteiger partial charge on any atom is 0.0782 e. The number of rotatable bonds is 4. The Bertz CT molecular complexity index is 4320. The van der Waals surface area contributed by atoms with Crippen molar-refractivity contribution in [2.75, 3.05) is 0 Å². The maximum absolute atomic E-state index is 10.1. The first-order chi connectivity index (χ1) is 34.5. The molecule has 11 aromatic rings. The van der Waals surface area contributed by atoms with Crippen molar-refractivity contribution in [2.24, 2.45) is 0 Å². The summed E-state index contributed by atoms with van der Waals surface area (Å²) < 4.78 is 205. The van der Waals surface area contributed by atoms with Crippen molar-refractivity contribution >= 4 is 65.4 Å². The number of para-hydroxylation sites is 6. The van der Waals surface area contributed by atoms with Crippen LogP contribution in [-0.4, -0.2) is 13.7 Å². The molecular weight excluding hydrogens is 619 g/mol. The topological polar surface area (TPSA) is 14.8 Å². The fourth-order valence-corrected chi connectivity index (χ4v) is 6.97. The maximum atomic E-state index is 10.1. The Hall–Kier alpha value is -6.84. The van der Waals surface area contributed by atoms with Gasteiger partial charge in [0.1, 0.15) is 0 Å². The van der Waals surface area contributed by atoms with Crippen LogP contribution in [0.3, 0.4) is 0 Å². The van der Waals surface area contributed by atoms with Gasteiger partial charge in [-0.05, 0) is 60.0 Å². The van der Waals surface area contributed by atoms with Crippen LogP contribution in [0.2, 0.25) is 0 Å². The first-order valence-electron chi connectivity index (χ1n) is 26.8. The molecule has 0 aliphatic carbocycles. The fourth-order valence-electron chi connectivity index (χ4n) is 6.97. The van der Waals surface area contributed by atoms with Crippen molar-refractivity contribution in [3.63, 3.8) is 0 Å². The summed E-state index contributed by atoms with van der Waals surface area (Å²) in [6.45, 7) is 0. The van der Waals surface area contributed by atoms with Gasteiger partial charge in [0.2, 0.25) is 0 Å². The minimum Gasteiger partial charge on any atom is -0.309 e. The highest BCUT2D eigenvalue weighted by atomic mass is 15.1. The third-order valence-electron chi connectivity index (χ3n) is 9.05. The number of benzene rings is 8. The van der Waals surface area contributed by atoms with E-state index in [1.165, 1.54) is 4.57 Å². The number of fused-ring (bicyclic) bond motifs is 9. The van der Waals surface area contributed by atoms with Crippen LogP contribution < -0.4 is 0 Å². The summed E-state index contributed by atoms with van der Waals surface area (Å²) in [5.74, 6) is 0. The van der Waals surface area contributed by atoms with Gasteiger partial charge >= 0.3 is 0 Å². The van der Waals surface area contributed by atoms with Crippen LogP contribution in [-0.2, 0) is 0 Å². The van der Waals surface area contributed by atoms with Crippen molar-refractivity contribution in [1.29, 1.82) is 0 Å². The fraction of sp³-hybridized carbons (Fsp3) is 0. The summed E-state index contributed by atoms with van der Waals surface area (Å²) in [7, 11) is 0. The lowest BCUT2D eigenvalue weighted by molar-refractivity contribution is 1.13. The molecule has 0 aliphatic rings.